The molecule has 0 aliphatic carbocycles. The second kappa shape index (κ2) is 5.40. The Kier molecular flexibility index (Phi) is 4.14. The summed E-state index contributed by atoms with van der Waals surface area (Å²) in [6.45, 7) is 8.19. The number of likely N-dealkylation sites (N-methyl/N-ethyl adjacent to an activating group) is 1. The van der Waals surface area contributed by atoms with Crippen molar-refractivity contribution in [1.29, 1.82) is 5.26 Å². The number of hydrogen-bond acceptors (Lipinski definition) is 3. The van der Waals surface area contributed by atoms with Crippen LogP contribution >= 0.6 is 0 Å². The number of nitriles is 1. The summed E-state index contributed by atoms with van der Waals surface area (Å²) < 4.78 is 1.89. The van der Waals surface area contributed by atoms with Gasteiger partial charge in [0.25, 0.3) is 0 Å². The van der Waals surface area contributed by atoms with Crippen molar-refractivity contribution >= 4 is 0 Å². The molecule has 0 aliphatic heterocycles. The fourth-order valence-electron chi connectivity index (χ4n) is 1.39. The van der Waals surface area contributed by atoms with E-state index >= 15 is 0 Å². The van der Waals surface area contributed by atoms with Crippen molar-refractivity contribution < 1.29 is 0 Å². The highest BCUT2D eigenvalue weighted by atomic mass is 15.2. The van der Waals surface area contributed by atoms with Crippen molar-refractivity contribution in [3.63, 3.8) is 0 Å². The monoisotopic (exact) mass is 192 g/mol. The van der Waals surface area contributed by atoms with Gasteiger partial charge < -0.3 is 9.47 Å². The topological polar surface area (TPSA) is 44.9 Å². The highest BCUT2D eigenvalue weighted by molar-refractivity contribution is 5.10. The van der Waals surface area contributed by atoms with E-state index in [2.05, 4.69) is 29.8 Å². The van der Waals surface area contributed by atoms with Crippen molar-refractivity contribution in [1.82, 2.24) is 14.5 Å². The van der Waals surface area contributed by atoms with Crippen LogP contribution in [-0.2, 0) is 6.54 Å². The van der Waals surface area contributed by atoms with Crippen molar-refractivity contribution in [2.75, 3.05) is 19.6 Å². The molecule has 0 amide bonds. The molecule has 1 heterocycles. The first-order valence-electron chi connectivity index (χ1n) is 4.95. The molecule has 0 fully saturated rings. The lowest BCUT2D eigenvalue weighted by Crippen LogP contribution is -2.27. The molecule has 0 aromatic carbocycles. The van der Waals surface area contributed by atoms with Crippen LogP contribution in [0.3, 0.4) is 0 Å². The Hall–Kier alpha value is -1.34. The van der Waals surface area contributed by atoms with Gasteiger partial charge in [0.15, 0.2) is 0 Å². The van der Waals surface area contributed by atoms with E-state index in [1.165, 1.54) is 0 Å². The zero-order valence-corrected chi connectivity index (χ0v) is 8.77. The largest absolute Gasteiger partial charge is 0.321 e. The summed E-state index contributed by atoms with van der Waals surface area (Å²) in [5, 5.41) is 8.74. The highest BCUT2D eigenvalue weighted by Crippen LogP contribution is 1.96. The minimum Gasteiger partial charge on any atom is -0.321 e. The van der Waals surface area contributed by atoms with Gasteiger partial charge in [0.05, 0.1) is 0 Å². The van der Waals surface area contributed by atoms with Gasteiger partial charge in [-0.3, -0.25) is 0 Å². The van der Waals surface area contributed by atoms with Gasteiger partial charge in [-0.15, -0.1) is 0 Å². The third-order valence-electron chi connectivity index (χ3n) is 2.37. The Bertz CT molecular complexity index is 306. The van der Waals surface area contributed by atoms with Crippen molar-refractivity contribution in [2.24, 2.45) is 0 Å². The molecule has 0 saturated heterocycles. The maximum Gasteiger partial charge on any atom is 0.212 e. The molecule has 0 saturated carbocycles. The van der Waals surface area contributed by atoms with Gasteiger partial charge in [-0.2, -0.15) is 5.26 Å². The van der Waals surface area contributed by atoms with Crippen LogP contribution in [0.2, 0.25) is 0 Å². The van der Waals surface area contributed by atoms with Crippen LogP contribution in [0.25, 0.3) is 0 Å². The lowest BCUT2D eigenvalue weighted by molar-refractivity contribution is 0.290. The Morgan fingerprint density at radius 2 is 2.21 bits per heavy atom. The van der Waals surface area contributed by atoms with E-state index in [1.807, 2.05) is 10.8 Å². The predicted molar refractivity (Wildman–Crippen MR) is 54.7 cm³/mol. The fourth-order valence-corrected chi connectivity index (χ4v) is 1.39. The minimum atomic E-state index is 0.497. The Morgan fingerprint density at radius 3 is 2.79 bits per heavy atom. The molecule has 0 radical (unpaired) electrons. The molecule has 0 spiro atoms. The van der Waals surface area contributed by atoms with Gasteiger partial charge in [-0.05, 0) is 13.1 Å². The molecule has 1 rings (SSSR count). The molecule has 76 valence electrons. The maximum atomic E-state index is 8.74. The summed E-state index contributed by atoms with van der Waals surface area (Å²) in [6.07, 6.45) is 3.52. The second-order valence-electron chi connectivity index (χ2n) is 3.08. The fraction of sp³-hybridized carbons (Fsp3) is 0.600. The minimum absolute atomic E-state index is 0.497. The lowest BCUT2D eigenvalue weighted by Gasteiger charge is -2.17. The SMILES string of the molecule is CCN(CC)CCn1ccnc1C#N. The zero-order chi connectivity index (χ0) is 10.4. The van der Waals surface area contributed by atoms with Gasteiger partial charge in [0, 0.05) is 25.5 Å². The van der Waals surface area contributed by atoms with Crippen LogP contribution in [0.4, 0.5) is 0 Å². The zero-order valence-electron chi connectivity index (χ0n) is 8.77. The smallest absolute Gasteiger partial charge is 0.212 e. The van der Waals surface area contributed by atoms with E-state index in [1.54, 1.807) is 6.20 Å². The van der Waals surface area contributed by atoms with Gasteiger partial charge in [-0.25, -0.2) is 4.98 Å². The first-order chi connectivity index (χ1) is 6.81. The van der Waals surface area contributed by atoms with E-state index in [-0.39, 0.29) is 0 Å². The summed E-state index contributed by atoms with van der Waals surface area (Å²) in [7, 11) is 0. The van der Waals surface area contributed by atoms with Crippen LogP contribution in [0.15, 0.2) is 12.4 Å². The quantitative estimate of drug-likeness (QED) is 0.701. The summed E-state index contributed by atoms with van der Waals surface area (Å²) in [6, 6.07) is 2.07. The number of hydrogen-bond donors (Lipinski definition) is 0. The number of imidazole rings is 1. The van der Waals surface area contributed by atoms with Crippen molar-refractivity contribution in [3.05, 3.63) is 18.2 Å². The van der Waals surface area contributed by atoms with Crippen LogP contribution in [-0.4, -0.2) is 34.1 Å². The summed E-state index contributed by atoms with van der Waals surface area (Å²) in [4.78, 5) is 6.27. The average Bonchev–Trinajstić information content (AvgIpc) is 2.67. The van der Waals surface area contributed by atoms with Crippen LogP contribution in [0.1, 0.15) is 19.7 Å². The molecule has 14 heavy (non-hydrogen) atoms. The lowest BCUT2D eigenvalue weighted by atomic mass is 10.4. The third kappa shape index (κ3) is 2.57. The second-order valence-corrected chi connectivity index (χ2v) is 3.08. The van der Waals surface area contributed by atoms with E-state index < -0.39 is 0 Å². The Balaban J connectivity index is 2.49. The van der Waals surface area contributed by atoms with Crippen LogP contribution < -0.4 is 0 Å². The van der Waals surface area contributed by atoms with Crippen molar-refractivity contribution in [2.45, 2.75) is 20.4 Å². The van der Waals surface area contributed by atoms with Crippen LogP contribution in [0, 0.1) is 11.3 Å². The third-order valence-corrected chi connectivity index (χ3v) is 2.37. The summed E-state index contributed by atoms with van der Waals surface area (Å²) in [5.41, 5.74) is 0. The Morgan fingerprint density at radius 1 is 1.50 bits per heavy atom. The average molecular weight is 192 g/mol. The van der Waals surface area contributed by atoms with Crippen molar-refractivity contribution in [3.8, 4) is 6.07 Å². The molecular weight excluding hydrogens is 176 g/mol. The first-order valence-corrected chi connectivity index (χ1v) is 4.95. The molecule has 0 N–H and O–H groups in total. The molecule has 1 aromatic heterocycles. The number of rotatable bonds is 5. The predicted octanol–water partition coefficient (Wildman–Crippen LogP) is 1.10. The molecule has 0 bridgehead atoms. The maximum absolute atomic E-state index is 8.74. The van der Waals surface area contributed by atoms with E-state index in [0.717, 1.165) is 26.2 Å². The molecule has 0 atom stereocenters. The van der Waals surface area contributed by atoms with Gasteiger partial charge in [0.1, 0.15) is 6.07 Å². The van der Waals surface area contributed by atoms with Crippen LogP contribution in [0.5, 0.6) is 0 Å². The van der Waals surface area contributed by atoms with E-state index in [0.29, 0.717) is 5.82 Å². The highest BCUT2D eigenvalue weighted by Gasteiger charge is 2.03. The standard InChI is InChI=1S/C10H16N4/c1-3-13(4-2)7-8-14-6-5-12-10(14)9-11/h5-6H,3-4,7-8H2,1-2H3. The molecule has 4 heteroatoms. The molecule has 4 nitrogen and oxygen atoms in total. The van der Waals surface area contributed by atoms with E-state index in [4.69, 9.17) is 5.26 Å². The normalized spacial score (nSPS) is 10.4. The number of aromatic nitrogens is 2. The Labute approximate surface area is 84.8 Å². The van der Waals surface area contributed by atoms with Gasteiger partial charge in [-0.1, -0.05) is 13.8 Å². The molecule has 0 unspecified atom stereocenters. The first kappa shape index (κ1) is 10.7. The van der Waals surface area contributed by atoms with Gasteiger partial charge >= 0.3 is 0 Å². The van der Waals surface area contributed by atoms with Gasteiger partial charge in [0.2, 0.25) is 5.82 Å². The molecule has 0 aliphatic rings. The van der Waals surface area contributed by atoms with E-state index in [9.17, 15) is 0 Å². The number of nitrogens with zero attached hydrogens (tertiary/aromatic N) is 4. The summed E-state index contributed by atoms with van der Waals surface area (Å²) in [5.74, 6) is 0.497. The molecule has 1 aromatic rings. The summed E-state index contributed by atoms with van der Waals surface area (Å²) >= 11 is 0. The molecular formula is C10H16N4.